The Balaban J connectivity index is 1.58. The van der Waals surface area contributed by atoms with Gasteiger partial charge in [-0.1, -0.05) is 48.0 Å². The Morgan fingerprint density at radius 3 is 2.45 bits per heavy atom. The van der Waals surface area contributed by atoms with E-state index in [9.17, 15) is 0 Å². The molecule has 2 aromatic heterocycles. The molecule has 0 radical (unpaired) electrons. The molecule has 6 nitrogen and oxygen atoms in total. The summed E-state index contributed by atoms with van der Waals surface area (Å²) >= 11 is 0. The minimum Gasteiger partial charge on any atom is -0.381 e. The minimum atomic E-state index is 0.261. The summed E-state index contributed by atoms with van der Waals surface area (Å²) in [4.78, 5) is 5.24. The van der Waals surface area contributed by atoms with Gasteiger partial charge in [-0.05, 0) is 56.2 Å². The van der Waals surface area contributed by atoms with Gasteiger partial charge < -0.3 is 9.30 Å². The summed E-state index contributed by atoms with van der Waals surface area (Å²) in [5, 5.41) is 8.52. The Kier molecular flexibility index (Phi) is 5.25. The lowest BCUT2D eigenvalue weighted by molar-refractivity contribution is 0.0541. The lowest BCUT2D eigenvalue weighted by Gasteiger charge is -2.35. The molecule has 2 aliphatic rings. The van der Waals surface area contributed by atoms with Gasteiger partial charge in [0.2, 0.25) is 0 Å². The van der Waals surface area contributed by atoms with Gasteiger partial charge in [-0.25, -0.2) is 9.67 Å². The molecule has 2 fully saturated rings. The summed E-state index contributed by atoms with van der Waals surface area (Å²) in [5.74, 6) is 2.33. The maximum Gasteiger partial charge on any atom is 0.113 e. The molecule has 1 atom stereocenters. The van der Waals surface area contributed by atoms with Crippen LogP contribution in [0.3, 0.4) is 0 Å². The number of benzene rings is 2. The van der Waals surface area contributed by atoms with Crippen LogP contribution in [-0.4, -0.2) is 37.8 Å². The lowest BCUT2D eigenvalue weighted by Crippen LogP contribution is -2.29. The zero-order valence-corrected chi connectivity index (χ0v) is 19.4. The summed E-state index contributed by atoms with van der Waals surface area (Å²) < 4.78 is 10.2. The highest BCUT2D eigenvalue weighted by atomic mass is 16.5. The first-order valence-corrected chi connectivity index (χ1v) is 12.2. The zero-order chi connectivity index (χ0) is 22.4. The SMILES string of the molecule is Cc1nnn(C)c1-c1ccc2nc(C3CCC3)n([C@@H](c3ccccc3)C3CCOCC3)c2c1. The zero-order valence-electron chi connectivity index (χ0n) is 19.4. The van der Waals surface area contributed by atoms with Crippen LogP contribution in [0.5, 0.6) is 0 Å². The van der Waals surface area contributed by atoms with Crippen molar-refractivity contribution in [2.75, 3.05) is 13.2 Å². The van der Waals surface area contributed by atoms with E-state index < -0.39 is 0 Å². The van der Waals surface area contributed by atoms with Gasteiger partial charge in [0.15, 0.2) is 0 Å². The fraction of sp³-hybridized carbons (Fsp3) is 0.444. The molecule has 0 bridgehead atoms. The summed E-state index contributed by atoms with van der Waals surface area (Å²) in [5.41, 5.74) is 6.83. The van der Waals surface area contributed by atoms with Crippen molar-refractivity contribution in [1.29, 1.82) is 0 Å². The van der Waals surface area contributed by atoms with E-state index in [0.717, 1.165) is 48.5 Å². The molecule has 6 rings (SSSR count). The van der Waals surface area contributed by atoms with E-state index in [1.807, 2.05) is 18.7 Å². The number of ether oxygens (including phenoxy) is 1. The maximum atomic E-state index is 5.75. The van der Waals surface area contributed by atoms with Crippen LogP contribution < -0.4 is 0 Å². The Hall–Kier alpha value is -2.99. The molecule has 1 aliphatic carbocycles. The fourth-order valence-electron chi connectivity index (χ4n) is 5.68. The predicted molar refractivity (Wildman–Crippen MR) is 129 cm³/mol. The highest BCUT2D eigenvalue weighted by Gasteiger charge is 2.34. The second kappa shape index (κ2) is 8.41. The first kappa shape index (κ1) is 20.6. The average Bonchev–Trinajstić information content (AvgIpc) is 3.33. The number of aryl methyl sites for hydroxylation is 2. The number of hydrogen-bond acceptors (Lipinski definition) is 4. The van der Waals surface area contributed by atoms with Crippen LogP contribution in [0.1, 0.15) is 61.1 Å². The molecule has 1 saturated heterocycles. The van der Waals surface area contributed by atoms with Crippen molar-refractivity contribution < 1.29 is 4.74 Å². The second-order valence-electron chi connectivity index (χ2n) is 9.62. The summed E-state index contributed by atoms with van der Waals surface area (Å²) in [7, 11) is 1.96. The van der Waals surface area contributed by atoms with E-state index in [1.165, 1.54) is 36.2 Å². The summed E-state index contributed by atoms with van der Waals surface area (Å²) in [6.45, 7) is 3.70. The highest BCUT2D eigenvalue weighted by molar-refractivity contribution is 5.83. The van der Waals surface area contributed by atoms with Crippen LogP contribution in [0.25, 0.3) is 22.3 Å². The van der Waals surface area contributed by atoms with Gasteiger partial charge in [-0.15, -0.1) is 5.10 Å². The van der Waals surface area contributed by atoms with Crippen LogP contribution in [0.15, 0.2) is 48.5 Å². The largest absolute Gasteiger partial charge is 0.381 e. The van der Waals surface area contributed by atoms with Crippen LogP contribution in [0, 0.1) is 12.8 Å². The molecule has 33 heavy (non-hydrogen) atoms. The number of aromatic nitrogens is 5. The molecule has 6 heteroatoms. The molecule has 1 aliphatic heterocycles. The molecule has 0 unspecified atom stereocenters. The standard InChI is InChI=1S/C27H31N5O/c1-18-25(31(2)30-29-18)22-11-12-23-24(17-22)32(27(28-23)21-9-6-10-21)26(19-7-4-3-5-8-19)20-13-15-33-16-14-20/h3-5,7-8,11-12,17,20-21,26H,6,9-10,13-16H2,1-2H3/t26-/m0/s1. The van der Waals surface area contributed by atoms with Crippen molar-refractivity contribution in [3.8, 4) is 11.3 Å². The van der Waals surface area contributed by atoms with Crippen molar-refractivity contribution in [2.24, 2.45) is 13.0 Å². The van der Waals surface area contributed by atoms with Crippen molar-refractivity contribution in [1.82, 2.24) is 24.5 Å². The molecule has 3 heterocycles. The van der Waals surface area contributed by atoms with Crippen LogP contribution >= 0.6 is 0 Å². The number of rotatable bonds is 5. The van der Waals surface area contributed by atoms with E-state index in [0.29, 0.717) is 11.8 Å². The summed E-state index contributed by atoms with van der Waals surface area (Å²) in [6.07, 6.45) is 5.92. The molecule has 170 valence electrons. The molecule has 0 amide bonds. The third-order valence-corrected chi connectivity index (χ3v) is 7.59. The van der Waals surface area contributed by atoms with Crippen molar-refractivity contribution in [3.05, 3.63) is 65.6 Å². The molecule has 0 N–H and O–H groups in total. The first-order chi connectivity index (χ1) is 16.2. The van der Waals surface area contributed by atoms with E-state index in [2.05, 4.69) is 63.4 Å². The monoisotopic (exact) mass is 441 g/mol. The number of nitrogens with zero attached hydrogens (tertiary/aromatic N) is 5. The van der Waals surface area contributed by atoms with Gasteiger partial charge >= 0.3 is 0 Å². The normalized spacial score (nSPS) is 18.5. The molecule has 1 saturated carbocycles. The maximum absolute atomic E-state index is 5.75. The topological polar surface area (TPSA) is 57.8 Å². The molecular formula is C27H31N5O. The van der Waals surface area contributed by atoms with Gasteiger partial charge in [-0.3, -0.25) is 0 Å². The van der Waals surface area contributed by atoms with Gasteiger partial charge in [0.05, 0.1) is 28.5 Å². The van der Waals surface area contributed by atoms with Crippen molar-refractivity contribution in [3.63, 3.8) is 0 Å². The predicted octanol–water partition coefficient (Wildman–Crippen LogP) is 5.42. The van der Waals surface area contributed by atoms with E-state index in [-0.39, 0.29) is 6.04 Å². The van der Waals surface area contributed by atoms with Crippen LogP contribution in [0.2, 0.25) is 0 Å². The second-order valence-corrected chi connectivity index (χ2v) is 9.62. The van der Waals surface area contributed by atoms with Gasteiger partial charge in [0.25, 0.3) is 0 Å². The van der Waals surface area contributed by atoms with E-state index >= 15 is 0 Å². The van der Waals surface area contributed by atoms with Crippen LogP contribution in [-0.2, 0) is 11.8 Å². The Labute approximate surface area is 194 Å². The van der Waals surface area contributed by atoms with Gasteiger partial charge in [0, 0.05) is 31.7 Å². The highest BCUT2D eigenvalue weighted by Crippen LogP contribution is 2.43. The third kappa shape index (κ3) is 3.57. The van der Waals surface area contributed by atoms with E-state index in [4.69, 9.17) is 9.72 Å². The quantitative estimate of drug-likeness (QED) is 0.415. The molecule has 0 spiro atoms. The third-order valence-electron chi connectivity index (χ3n) is 7.59. The average molecular weight is 442 g/mol. The van der Waals surface area contributed by atoms with Gasteiger partial charge in [0.1, 0.15) is 5.82 Å². The number of imidazole rings is 1. The molecule has 4 aromatic rings. The van der Waals surface area contributed by atoms with E-state index in [1.54, 1.807) is 0 Å². The Bertz CT molecular complexity index is 1250. The lowest BCUT2D eigenvalue weighted by atomic mass is 9.83. The summed E-state index contributed by atoms with van der Waals surface area (Å²) in [6, 6.07) is 17.9. The minimum absolute atomic E-state index is 0.261. The van der Waals surface area contributed by atoms with Crippen LogP contribution in [0.4, 0.5) is 0 Å². The van der Waals surface area contributed by atoms with Gasteiger partial charge in [-0.2, -0.15) is 0 Å². The first-order valence-electron chi connectivity index (χ1n) is 12.2. The molecule has 2 aromatic carbocycles. The molecular weight excluding hydrogens is 410 g/mol. The number of fused-ring (bicyclic) bond motifs is 1. The van der Waals surface area contributed by atoms with Crippen molar-refractivity contribution in [2.45, 2.75) is 51.0 Å². The Morgan fingerprint density at radius 2 is 1.79 bits per heavy atom. The van der Waals surface area contributed by atoms with Crippen molar-refractivity contribution >= 4 is 11.0 Å². The smallest absolute Gasteiger partial charge is 0.113 e. The fourth-order valence-corrected chi connectivity index (χ4v) is 5.68. The Morgan fingerprint density at radius 1 is 1.00 bits per heavy atom. The number of hydrogen-bond donors (Lipinski definition) is 0.